The number of nitrogens with two attached hydrogens (primary N) is 1. The van der Waals surface area contributed by atoms with Crippen molar-refractivity contribution in [2.24, 2.45) is 0 Å². The number of nitrogens with zero attached hydrogens (tertiary/aromatic N) is 1. The number of hydrogen-bond acceptors (Lipinski definition) is 6. The third kappa shape index (κ3) is 2.75. The molecular formula is C19H14N4O5. The smallest absolute Gasteiger partial charge is 0.291 e. The Morgan fingerprint density at radius 3 is 2.43 bits per heavy atom. The fraction of sp³-hybridized carbons (Fsp3) is 0.0526. The molecule has 4 rings (SSSR count). The number of nitrogens with one attached hydrogen (secondary N) is 2. The molecule has 0 fully saturated rings. The number of pyridine rings is 1. The van der Waals surface area contributed by atoms with Gasteiger partial charge in [-0.15, -0.1) is 0 Å². The topological polar surface area (TPSA) is 136 Å². The second kappa shape index (κ2) is 6.23. The second-order valence-corrected chi connectivity index (χ2v) is 6.19. The van der Waals surface area contributed by atoms with Gasteiger partial charge in [-0.3, -0.25) is 29.1 Å². The first-order valence-corrected chi connectivity index (χ1v) is 8.24. The first kappa shape index (κ1) is 17.3. The van der Waals surface area contributed by atoms with Gasteiger partial charge in [0.05, 0.1) is 16.8 Å². The van der Waals surface area contributed by atoms with Gasteiger partial charge in [0.15, 0.2) is 5.76 Å². The standard InChI is InChI=1S/C19H14N4O5/c1-9-2-7-13(28-9)18(26)21-10-3-5-11(6-4-10)23-14(24)8-12-15(16(23)20)19(27)22-17(12)25/h2-8H,20H2,1H3,(H,21,26)(H,22,25,27). The van der Waals surface area contributed by atoms with Gasteiger partial charge >= 0.3 is 0 Å². The van der Waals surface area contributed by atoms with Crippen LogP contribution in [0.25, 0.3) is 5.69 Å². The molecule has 0 unspecified atom stereocenters. The van der Waals surface area contributed by atoms with Crippen LogP contribution in [0.1, 0.15) is 37.0 Å². The summed E-state index contributed by atoms with van der Waals surface area (Å²) >= 11 is 0. The average molecular weight is 378 g/mol. The summed E-state index contributed by atoms with van der Waals surface area (Å²) in [5.41, 5.74) is 6.21. The third-order valence-electron chi connectivity index (χ3n) is 4.30. The van der Waals surface area contributed by atoms with E-state index in [0.29, 0.717) is 17.1 Å². The summed E-state index contributed by atoms with van der Waals surface area (Å²) in [6.45, 7) is 1.73. The number of anilines is 2. The van der Waals surface area contributed by atoms with Crippen LogP contribution >= 0.6 is 0 Å². The van der Waals surface area contributed by atoms with Crippen molar-refractivity contribution >= 4 is 29.2 Å². The molecule has 0 saturated carbocycles. The Balaban J connectivity index is 1.66. The SMILES string of the molecule is Cc1ccc(C(=O)Nc2ccc(-n3c(N)c4c(cc3=O)C(=O)NC4=O)cc2)o1. The molecule has 0 aliphatic carbocycles. The molecule has 0 spiro atoms. The summed E-state index contributed by atoms with van der Waals surface area (Å²) in [4.78, 5) is 48.2. The highest BCUT2D eigenvalue weighted by atomic mass is 16.3. The van der Waals surface area contributed by atoms with E-state index in [-0.39, 0.29) is 22.7 Å². The molecular weight excluding hydrogens is 364 g/mol. The first-order valence-electron chi connectivity index (χ1n) is 8.24. The van der Waals surface area contributed by atoms with Crippen molar-refractivity contribution in [3.05, 3.63) is 75.5 Å². The molecule has 3 heterocycles. The number of carbonyl (C=O) groups excluding carboxylic acids is 3. The molecule has 0 bridgehead atoms. The van der Waals surface area contributed by atoms with Crippen LogP contribution in [0.5, 0.6) is 0 Å². The van der Waals surface area contributed by atoms with Crippen LogP contribution in [0.15, 0.2) is 51.7 Å². The number of amides is 3. The number of fused-ring (bicyclic) bond motifs is 1. The lowest BCUT2D eigenvalue weighted by Gasteiger charge is -2.12. The Labute approximate surface area is 157 Å². The average Bonchev–Trinajstić information content (AvgIpc) is 3.20. The van der Waals surface area contributed by atoms with E-state index in [0.717, 1.165) is 10.6 Å². The van der Waals surface area contributed by atoms with Gasteiger partial charge in [-0.2, -0.15) is 0 Å². The minimum absolute atomic E-state index is 0.0323. The lowest BCUT2D eigenvalue weighted by Crippen LogP contribution is -2.24. The summed E-state index contributed by atoms with van der Waals surface area (Å²) in [6, 6.07) is 10.6. The van der Waals surface area contributed by atoms with E-state index in [1.807, 2.05) is 0 Å². The van der Waals surface area contributed by atoms with Crippen LogP contribution in [0.3, 0.4) is 0 Å². The van der Waals surface area contributed by atoms with Crippen LogP contribution in [0.4, 0.5) is 11.5 Å². The number of imide groups is 1. The molecule has 0 radical (unpaired) electrons. The molecule has 3 aromatic rings. The molecule has 1 aliphatic rings. The lowest BCUT2D eigenvalue weighted by atomic mass is 10.1. The van der Waals surface area contributed by atoms with E-state index in [4.69, 9.17) is 10.2 Å². The molecule has 1 aliphatic heterocycles. The summed E-state index contributed by atoms with van der Waals surface area (Å²) in [6.07, 6.45) is 0. The van der Waals surface area contributed by atoms with Crippen molar-refractivity contribution in [2.45, 2.75) is 6.92 Å². The van der Waals surface area contributed by atoms with Crippen molar-refractivity contribution in [3.8, 4) is 5.69 Å². The zero-order chi connectivity index (χ0) is 20.0. The monoisotopic (exact) mass is 378 g/mol. The number of rotatable bonds is 3. The van der Waals surface area contributed by atoms with E-state index >= 15 is 0 Å². The Morgan fingerprint density at radius 2 is 1.79 bits per heavy atom. The van der Waals surface area contributed by atoms with E-state index in [2.05, 4.69) is 10.6 Å². The highest BCUT2D eigenvalue weighted by molar-refractivity contribution is 6.23. The van der Waals surface area contributed by atoms with Crippen LogP contribution in [0, 0.1) is 6.92 Å². The fourth-order valence-electron chi connectivity index (χ4n) is 2.99. The molecule has 3 amide bonds. The zero-order valence-corrected chi connectivity index (χ0v) is 14.6. The van der Waals surface area contributed by atoms with Gasteiger partial charge in [0.1, 0.15) is 11.6 Å². The third-order valence-corrected chi connectivity index (χ3v) is 4.30. The predicted molar refractivity (Wildman–Crippen MR) is 99.6 cm³/mol. The van der Waals surface area contributed by atoms with E-state index in [1.165, 1.54) is 0 Å². The second-order valence-electron chi connectivity index (χ2n) is 6.19. The lowest BCUT2D eigenvalue weighted by molar-refractivity contribution is 0.0879. The number of carbonyl (C=O) groups is 3. The molecule has 0 saturated heterocycles. The molecule has 1 aromatic carbocycles. The Morgan fingerprint density at radius 1 is 1.07 bits per heavy atom. The van der Waals surface area contributed by atoms with Crippen molar-refractivity contribution < 1.29 is 18.8 Å². The van der Waals surface area contributed by atoms with Gasteiger partial charge in [0, 0.05) is 11.8 Å². The molecule has 2 aromatic heterocycles. The van der Waals surface area contributed by atoms with Gasteiger partial charge in [-0.1, -0.05) is 0 Å². The summed E-state index contributed by atoms with van der Waals surface area (Å²) in [5, 5.41) is 4.78. The molecule has 0 atom stereocenters. The van der Waals surface area contributed by atoms with Gasteiger partial charge in [0.25, 0.3) is 23.3 Å². The first-order chi connectivity index (χ1) is 13.3. The highest BCUT2D eigenvalue weighted by Crippen LogP contribution is 2.23. The molecule has 4 N–H and O–H groups in total. The molecule has 28 heavy (non-hydrogen) atoms. The van der Waals surface area contributed by atoms with Crippen LogP contribution in [-0.2, 0) is 0 Å². The van der Waals surface area contributed by atoms with Gasteiger partial charge in [-0.05, 0) is 43.3 Å². The Bertz CT molecular complexity index is 1200. The zero-order valence-electron chi connectivity index (χ0n) is 14.6. The van der Waals surface area contributed by atoms with Crippen LogP contribution in [-0.4, -0.2) is 22.3 Å². The summed E-state index contributed by atoms with van der Waals surface area (Å²) < 4.78 is 6.39. The summed E-state index contributed by atoms with van der Waals surface area (Å²) in [7, 11) is 0. The molecule has 140 valence electrons. The number of aryl methyl sites for hydroxylation is 1. The van der Waals surface area contributed by atoms with Crippen molar-refractivity contribution in [3.63, 3.8) is 0 Å². The number of aromatic nitrogens is 1. The minimum atomic E-state index is -0.651. The van der Waals surface area contributed by atoms with Crippen LogP contribution in [0.2, 0.25) is 0 Å². The normalized spacial score (nSPS) is 12.6. The Kier molecular flexibility index (Phi) is 3.85. The maximum Gasteiger partial charge on any atom is 0.291 e. The molecule has 9 heteroatoms. The van der Waals surface area contributed by atoms with Crippen molar-refractivity contribution in [2.75, 3.05) is 11.1 Å². The maximum absolute atomic E-state index is 12.4. The number of nitrogen functional groups attached to an aromatic ring is 1. The van der Waals surface area contributed by atoms with Crippen molar-refractivity contribution in [1.82, 2.24) is 9.88 Å². The van der Waals surface area contributed by atoms with Gasteiger partial charge < -0.3 is 15.5 Å². The quantitative estimate of drug-likeness (QED) is 0.590. The van der Waals surface area contributed by atoms with E-state index in [9.17, 15) is 19.2 Å². The fourth-order valence-corrected chi connectivity index (χ4v) is 2.99. The Hall–Kier alpha value is -4.14. The summed E-state index contributed by atoms with van der Waals surface area (Å²) in [5.74, 6) is -1.05. The van der Waals surface area contributed by atoms with E-state index in [1.54, 1.807) is 43.3 Å². The largest absolute Gasteiger partial charge is 0.456 e. The predicted octanol–water partition coefficient (Wildman–Crippen LogP) is 1.46. The maximum atomic E-state index is 12.4. The highest BCUT2D eigenvalue weighted by Gasteiger charge is 2.31. The van der Waals surface area contributed by atoms with Crippen molar-refractivity contribution in [1.29, 1.82) is 0 Å². The van der Waals surface area contributed by atoms with E-state index < -0.39 is 23.3 Å². The van der Waals surface area contributed by atoms with Gasteiger partial charge in [0.2, 0.25) is 0 Å². The minimum Gasteiger partial charge on any atom is -0.456 e. The number of hydrogen-bond donors (Lipinski definition) is 3. The number of benzene rings is 1. The van der Waals surface area contributed by atoms with Crippen LogP contribution < -0.4 is 21.9 Å². The molecule has 9 nitrogen and oxygen atoms in total. The number of furan rings is 1. The van der Waals surface area contributed by atoms with Gasteiger partial charge in [-0.25, -0.2) is 0 Å².